The van der Waals surface area contributed by atoms with Crippen LogP contribution in [-0.4, -0.2) is 16.8 Å². The highest BCUT2D eigenvalue weighted by molar-refractivity contribution is 5.94. The molecule has 2 fully saturated rings. The van der Waals surface area contributed by atoms with Crippen LogP contribution in [0.25, 0.3) is 0 Å². The molecule has 1 aromatic heterocycles. The molecule has 2 aliphatic carbocycles. The van der Waals surface area contributed by atoms with Crippen molar-refractivity contribution in [1.29, 1.82) is 0 Å². The van der Waals surface area contributed by atoms with Crippen molar-refractivity contribution in [3.63, 3.8) is 0 Å². The highest BCUT2D eigenvalue weighted by Crippen LogP contribution is 2.39. The Balaban J connectivity index is 1.30. The van der Waals surface area contributed by atoms with Crippen LogP contribution in [0.2, 0.25) is 0 Å². The van der Waals surface area contributed by atoms with Gasteiger partial charge in [0.15, 0.2) is 0 Å². The van der Waals surface area contributed by atoms with Crippen molar-refractivity contribution in [3.8, 4) is 11.6 Å². The summed E-state index contributed by atoms with van der Waals surface area (Å²) in [6, 6.07) is 10.7. The minimum absolute atomic E-state index is 0.0520. The summed E-state index contributed by atoms with van der Waals surface area (Å²) in [5.41, 5.74) is 1.42. The van der Waals surface area contributed by atoms with Crippen LogP contribution in [0.5, 0.6) is 11.6 Å². The molecule has 0 spiro atoms. The molecular weight excluding hydrogens is 342 g/mol. The van der Waals surface area contributed by atoms with Gasteiger partial charge in [0.1, 0.15) is 5.75 Å². The molecule has 4 atom stereocenters. The van der Waals surface area contributed by atoms with Gasteiger partial charge >= 0.3 is 0 Å². The zero-order valence-corrected chi connectivity index (χ0v) is 15.4. The first-order valence-corrected chi connectivity index (χ1v) is 9.35. The normalized spacial score (nSPS) is 25.4. The molecule has 2 aliphatic rings. The summed E-state index contributed by atoms with van der Waals surface area (Å²) >= 11 is 0. The van der Waals surface area contributed by atoms with Crippen molar-refractivity contribution in [1.82, 2.24) is 4.98 Å². The van der Waals surface area contributed by atoms with Crippen LogP contribution >= 0.6 is 0 Å². The fraction of sp³-hybridized carbons (Fsp3) is 0.381. The number of rotatable bonds is 6. The minimum atomic E-state index is 0.0520. The summed E-state index contributed by atoms with van der Waals surface area (Å²) in [7, 11) is 0. The molecule has 0 radical (unpaired) electrons. The third kappa shape index (κ3) is 4.27. The molecule has 1 heterocycles. The van der Waals surface area contributed by atoms with Crippen LogP contribution in [-0.2, 0) is 9.59 Å². The molecule has 6 heteroatoms. The van der Waals surface area contributed by atoms with Gasteiger partial charge < -0.3 is 15.4 Å². The van der Waals surface area contributed by atoms with Crippen LogP contribution in [0.4, 0.5) is 11.4 Å². The average molecular weight is 365 g/mol. The molecule has 140 valence electrons. The Morgan fingerprint density at radius 2 is 1.41 bits per heavy atom. The number of aromatic nitrogens is 1. The van der Waals surface area contributed by atoms with E-state index in [9.17, 15) is 9.59 Å². The molecule has 1 aromatic carbocycles. The summed E-state index contributed by atoms with van der Waals surface area (Å²) in [4.78, 5) is 28.1. The van der Waals surface area contributed by atoms with E-state index in [2.05, 4.69) is 29.5 Å². The molecule has 0 saturated heterocycles. The number of anilines is 2. The van der Waals surface area contributed by atoms with Crippen LogP contribution in [0, 0.1) is 23.7 Å². The first-order chi connectivity index (χ1) is 13.0. The molecule has 27 heavy (non-hydrogen) atoms. The van der Waals surface area contributed by atoms with Crippen molar-refractivity contribution >= 4 is 23.2 Å². The number of benzene rings is 1. The van der Waals surface area contributed by atoms with Crippen LogP contribution < -0.4 is 15.4 Å². The second-order valence-electron chi connectivity index (χ2n) is 7.63. The third-order valence-electron chi connectivity index (χ3n) is 5.24. The van der Waals surface area contributed by atoms with Gasteiger partial charge in [0.05, 0.1) is 11.9 Å². The van der Waals surface area contributed by atoms with E-state index in [-0.39, 0.29) is 23.7 Å². The van der Waals surface area contributed by atoms with Gasteiger partial charge in [0.25, 0.3) is 0 Å². The zero-order valence-electron chi connectivity index (χ0n) is 15.4. The second kappa shape index (κ2) is 7.02. The maximum absolute atomic E-state index is 12.0. The number of hydrogen-bond acceptors (Lipinski definition) is 4. The molecular formula is C21H23N3O3. The largest absolute Gasteiger partial charge is 0.439 e. The summed E-state index contributed by atoms with van der Waals surface area (Å²) < 4.78 is 5.72. The predicted molar refractivity (Wildman–Crippen MR) is 103 cm³/mol. The Labute approximate surface area is 158 Å². The van der Waals surface area contributed by atoms with Gasteiger partial charge in [-0.1, -0.05) is 13.8 Å². The average Bonchev–Trinajstić information content (AvgIpc) is 3.56. The van der Waals surface area contributed by atoms with Crippen LogP contribution in [0.15, 0.2) is 42.6 Å². The summed E-state index contributed by atoms with van der Waals surface area (Å²) in [6.07, 6.45) is 3.51. The van der Waals surface area contributed by atoms with Crippen molar-refractivity contribution in [2.45, 2.75) is 26.7 Å². The van der Waals surface area contributed by atoms with E-state index in [0.29, 0.717) is 29.2 Å². The zero-order chi connectivity index (χ0) is 19.0. The van der Waals surface area contributed by atoms with Gasteiger partial charge in [-0.2, -0.15) is 0 Å². The van der Waals surface area contributed by atoms with Gasteiger partial charge in [-0.15, -0.1) is 0 Å². The molecule has 4 rings (SSSR count). The molecule has 2 amide bonds. The standard InChI is InChI=1S/C21H23N3O3/c1-12-9-17(12)20(25)23-14-3-6-16(7-4-14)27-19-8-5-15(11-22-19)24-21(26)18-10-13(18)2/h3-8,11-13,17-18H,9-10H2,1-2H3,(H,23,25)(H,24,26). The Kier molecular flexibility index (Phi) is 4.56. The highest BCUT2D eigenvalue weighted by atomic mass is 16.5. The fourth-order valence-corrected chi connectivity index (χ4v) is 3.09. The first kappa shape index (κ1) is 17.5. The van der Waals surface area contributed by atoms with Gasteiger partial charge in [-0.3, -0.25) is 9.59 Å². The Hall–Kier alpha value is -2.89. The molecule has 6 nitrogen and oxygen atoms in total. The lowest BCUT2D eigenvalue weighted by atomic mass is 10.2. The SMILES string of the molecule is CC1CC1C(=O)Nc1ccc(Oc2ccc(NC(=O)C3CC3C)cn2)cc1. The van der Waals surface area contributed by atoms with E-state index < -0.39 is 0 Å². The van der Waals surface area contributed by atoms with E-state index in [4.69, 9.17) is 4.74 Å². The second-order valence-corrected chi connectivity index (χ2v) is 7.63. The predicted octanol–water partition coefficient (Wildman–Crippen LogP) is 4.06. The summed E-state index contributed by atoms with van der Waals surface area (Å²) in [5.74, 6) is 2.43. The Morgan fingerprint density at radius 1 is 0.889 bits per heavy atom. The lowest BCUT2D eigenvalue weighted by molar-refractivity contribution is -0.118. The number of carbonyl (C=O) groups excluding carboxylic acids is 2. The quantitative estimate of drug-likeness (QED) is 0.809. The molecule has 2 aromatic rings. The molecule has 2 N–H and O–H groups in total. The lowest BCUT2D eigenvalue weighted by Gasteiger charge is -2.08. The van der Waals surface area contributed by atoms with Crippen molar-refractivity contribution in [2.24, 2.45) is 23.7 Å². The molecule has 2 saturated carbocycles. The molecule has 0 bridgehead atoms. The maximum atomic E-state index is 12.0. The van der Waals surface area contributed by atoms with Gasteiger partial charge in [-0.05, 0) is 55.0 Å². The van der Waals surface area contributed by atoms with Gasteiger partial charge in [-0.25, -0.2) is 4.98 Å². The number of amides is 2. The third-order valence-corrected chi connectivity index (χ3v) is 5.24. The van der Waals surface area contributed by atoms with E-state index in [1.807, 2.05) is 12.1 Å². The molecule has 0 aliphatic heterocycles. The number of nitrogens with zero attached hydrogens (tertiary/aromatic N) is 1. The number of ether oxygens (including phenoxy) is 1. The lowest BCUT2D eigenvalue weighted by Crippen LogP contribution is -2.14. The van der Waals surface area contributed by atoms with Crippen LogP contribution in [0.3, 0.4) is 0 Å². The topological polar surface area (TPSA) is 80.3 Å². The van der Waals surface area contributed by atoms with E-state index in [0.717, 1.165) is 18.5 Å². The number of hydrogen-bond donors (Lipinski definition) is 2. The highest BCUT2D eigenvalue weighted by Gasteiger charge is 2.39. The fourth-order valence-electron chi connectivity index (χ4n) is 3.09. The summed E-state index contributed by atoms with van der Waals surface area (Å²) in [6.45, 7) is 4.15. The van der Waals surface area contributed by atoms with E-state index >= 15 is 0 Å². The number of pyridine rings is 1. The monoisotopic (exact) mass is 365 g/mol. The maximum Gasteiger partial charge on any atom is 0.227 e. The van der Waals surface area contributed by atoms with Crippen molar-refractivity contribution in [2.75, 3.05) is 10.6 Å². The Bertz CT molecular complexity index is 776. The molecule has 4 unspecified atom stereocenters. The smallest absolute Gasteiger partial charge is 0.227 e. The van der Waals surface area contributed by atoms with Crippen molar-refractivity contribution in [3.05, 3.63) is 42.6 Å². The van der Waals surface area contributed by atoms with E-state index in [1.54, 1.807) is 30.5 Å². The minimum Gasteiger partial charge on any atom is -0.439 e. The number of nitrogens with one attached hydrogen (secondary N) is 2. The summed E-state index contributed by atoms with van der Waals surface area (Å²) in [5, 5.41) is 5.79. The number of carbonyl (C=O) groups is 2. The first-order valence-electron chi connectivity index (χ1n) is 9.35. The Morgan fingerprint density at radius 3 is 1.89 bits per heavy atom. The van der Waals surface area contributed by atoms with Gasteiger partial charge in [0, 0.05) is 23.6 Å². The van der Waals surface area contributed by atoms with Gasteiger partial charge in [0.2, 0.25) is 17.7 Å². The van der Waals surface area contributed by atoms with Crippen LogP contribution in [0.1, 0.15) is 26.7 Å². The van der Waals surface area contributed by atoms with E-state index in [1.165, 1.54) is 0 Å². The van der Waals surface area contributed by atoms with Crippen molar-refractivity contribution < 1.29 is 14.3 Å².